The lowest BCUT2D eigenvalue weighted by molar-refractivity contribution is 0.0958. The van der Waals surface area contributed by atoms with Crippen molar-refractivity contribution in [2.24, 2.45) is 5.10 Å². The average molecular weight is 449 g/mol. The second kappa shape index (κ2) is 9.73. The van der Waals surface area contributed by atoms with Gasteiger partial charge in [0.15, 0.2) is 5.13 Å². The van der Waals surface area contributed by atoms with Crippen LogP contribution in [0.15, 0.2) is 47.6 Å². The molecule has 0 bridgehead atoms. The number of carbonyl (C=O) groups is 1. The minimum absolute atomic E-state index is 0.305. The summed E-state index contributed by atoms with van der Waals surface area (Å²) in [4.78, 5) is 16.9. The smallest absolute Gasteiger partial charge is 0.283 e. The summed E-state index contributed by atoms with van der Waals surface area (Å²) in [5.74, 6) is 0.312. The third kappa shape index (κ3) is 5.69. The summed E-state index contributed by atoms with van der Waals surface area (Å²) in [5, 5.41) is 5.49. The number of carbonyl (C=O) groups excluding carboxylic acids is 1. The molecule has 0 fully saturated rings. The van der Waals surface area contributed by atoms with Gasteiger partial charge in [-0.05, 0) is 36.2 Å². The standard InChI is InChI=1S/C20H18Cl2N4O2S/c1-2-17-18(29-20(23)25-17)19(27)26-24-10-12-4-3-5-15(8-12)28-11-13-6-7-14(21)9-16(13)22/h3-10H,2,11H2,1H3,(H2,23,25)(H,26,27). The molecule has 0 spiro atoms. The van der Waals surface area contributed by atoms with Crippen LogP contribution in [0.1, 0.15) is 33.4 Å². The summed E-state index contributed by atoms with van der Waals surface area (Å²) < 4.78 is 5.79. The Balaban J connectivity index is 1.61. The minimum atomic E-state index is -0.336. The highest BCUT2D eigenvalue weighted by Gasteiger charge is 2.15. The van der Waals surface area contributed by atoms with Crippen molar-refractivity contribution in [2.45, 2.75) is 20.0 Å². The first-order valence-corrected chi connectivity index (χ1v) is 10.3. The summed E-state index contributed by atoms with van der Waals surface area (Å²) in [6.07, 6.45) is 2.16. The monoisotopic (exact) mass is 448 g/mol. The maximum absolute atomic E-state index is 12.3. The van der Waals surface area contributed by atoms with E-state index in [-0.39, 0.29) is 5.91 Å². The Kier molecular flexibility index (Phi) is 7.09. The van der Waals surface area contributed by atoms with Crippen molar-refractivity contribution in [1.29, 1.82) is 0 Å². The molecule has 0 unspecified atom stereocenters. The molecule has 0 saturated carbocycles. The molecule has 0 atom stereocenters. The summed E-state index contributed by atoms with van der Waals surface area (Å²) >= 11 is 13.2. The second-order valence-electron chi connectivity index (χ2n) is 5.98. The van der Waals surface area contributed by atoms with Gasteiger partial charge in [0.25, 0.3) is 5.91 Å². The van der Waals surface area contributed by atoms with E-state index in [0.717, 1.165) is 22.5 Å². The molecule has 0 aliphatic carbocycles. The van der Waals surface area contributed by atoms with Crippen molar-refractivity contribution >= 4 is 51.8 Å². The van der Waals surface area contributed by atoms with Crippen LogP contribution in [0.2, 0.25) is 10.0 Å². The fourth-order valence-electron chi connectivity index (χ4n) is 2.49. The lowest BCUT2D eigenvalue weighted by Gasteiger charge is -2.08. The molecular formula is C20H18Cl2N4O2S. The number of halogens is 2. The Hall–Kier alpha value is -2.61. The van der Waals surface area contributed by atoms with Gasteiger partial charge in [0.2, 0.25) is 0 Å². The van der Waals surface area contributed by atoms with Crippen LogP contribution in [0.3, 0.4) is 0 Å². The highest BCUT2D eigenvalue weighted by molar-refractivity contribution is 7.17. The van der Waals surface area contributed by atoms with Crippen molar-refractivity contribution in [3.8, 4) is 5.75 Å². The molecule has 3 aromatic rings. The third-order valence-corrected chi connectivity index (χ3v) is 5.41. The van der Waals surface area contributed by atoms with Gasteiger partial charge in [0, 0.05) is 15.6 Å². The molecule has 0 radical (unpaired) electrons. The fraction of sp³-hybridized carbons (Fsp3) is 0.150. The average Bonchev–Trinajstić information content (AvgIpc) is 3.08. The molecule has 2 aromatic carbocycles. The maximum atomic E-state index is 12.3. The van der Waals surface area contributed by atoms with Crippen LogP contribution in [0.5, 0.6) is 5.75 Å². The van der Waals surface area contributed by atoms with Crippen molar-refractivity contribution in [1.82, 2.24) is 10.4 Å². The lowest BCUT2D eigenvalue weighted by atomic mass is 10.2. The first-order chi connectivity index (χ1) is 14.0. The van der Waals surface area contributed by atoms with Gasteiger partial charge in [-0.1, -0.05) is 59.7 Å². The van der Waals surface area contributed by atoms with Gasteiger partial charge in [-0.2, -0.15) is 5.10 Å². The van der Waals surface area contributed by atoms with Crippen LogP contribution in [-0.2, 0) is 13.0 Å². The Bertz CT molecular complexity index is 1050. The first kappa shape index (κ1) is 21.1. The highest BCUT2D eigenvalue weighted by atomic mass is 35.5. The van der Waals surface area contributed by atoms with E-state index in [2.05, 4.69) is 15.5 Å². The second-order valence-corrected chi connectivity index (χ2v) is 7.85. The molecule has 0 saturated heterocycles. The van der Waals surface area contributed by atoms with E-state index in [1.54, 1.807) is 12.1 Å². The number of rotatable bonds is 7. The molecule has 0 aliphatic heterocycles. The minimum Gasteiger partial charge on any atom is -0.489 e. The molecule has 1 aromatic heterocycles. The fourth-order valence-corrected chi connectivity index (χ4v) is 3.76. The van der Waals surface area contributed by atoms with Gasteiger partial charge >= 0.3 is 0 Å². The van der Waals surface area contributed by atoms with Crippen LogP contribution >= 0.6 is 34.5 Å². The molecule has 150 valence electrons. The summed E-state index contributed by atoms with van der Waals surface area (Å²) in [6.45, 7) is 2.22. The van der Waals surface area contributed by atoms with E-state index < -0.39 is 0 Å². The summed E-state index contributed by atoms with van der Waals surface area (Å²) in [5.41, 5.74) is 10.4. The zero-order valence-corrected chi connectivity index (χ0v) is 17.8. The van der Waals surface area contributed by atoms with E-state index in [4.69, 9.17) is 33.7 Å². The number of aryl methyl sites for hydroxylation is 1. The molecule has 1 heterocycles. The molecule has 0 aliphatic rings. The number of nitrogens with zero attached hydrogens (tertiary/aromatic N) is 2. The Labute approximate surface area is 182 Å². The van der Waals surface area contributed by atoms with Crippen molar-refractivity contribution in [2.75, 3.05) is 5.73 Å². The van der Waals surface area contributed by atoms with E-state index >= 15 is 0 Å². The Morgan fingerprint density at radius 2 is 2.14 bits per heavy atom. The number of nitrogens with two attached hydrogens (primary N) is 1. The largest absolute Gasteiger partial charge is 0.489 e. The number of nitrogen functional groups attached to an aromatic ring is 1. The van der Waals surface area contributed by atoms with Crippen LogP contribution < -0.4 is 15.9 Å². The lowest BCUT2D eigenvalue weighted by Crippen LogP contribution is -2.17. The summed E-state index contributed by atoms with van der Waals surface area (Å²) in [7, 11) is 0. The SMILES string of the molecule is CCc1nc(N)sc1C(=O)NN=Cc1cccc(OCc2ccc(Cl)cc2Cl)c1. The van der Waals surface area contributed by atoms with Gasteiger partial charge in [-0.3, -0.25) is 4.79 Å². The number of ether oxygens (including phenoxy) is 1. The van der Waals surface area contributed by atoms with E-state index in [1.165, 1.54) is 6.21 Å². The molecule has 29 heavy (non-hydrogen) atoms. The number of benzene rings is 2. The van der Waals surface area contributed by atoms with Crippen molar-refractivity contribution in [3.05, 3.63) is 74.2 Å². The quantitative estimate of drug-likeness (QED) is 0.395. The van der Waals surface area contributed by atoms with Gasteiger partial charge in [-0.25, -0.2) is 10.4 Å². The predicted octanol–water partition coefficient (Wildman–Crippen LogP) is 4.94. The van der Waals surface area contributed by atoms with Crippen molar-refractivity contribution < 1.29 is 9.53 Å². The molecule has 3 N–H and O–H groups in total. The first-order valence-electron chi connectivity index (χ1n) is 8.71. The zero-order valence-electron chi connectivity index (χ0n) is 15.5. The number of hydrogen-bond donors (Lipinski definition) is 2. The molecule has 9 heteroatoms. The van der Waals surface area contributed by atoms with Crippen LogP contribution in [0.25, 0.3) is 0 Å². The normalized spacial score (nSPS) is 11.0. The Morgan fingerprint density at radius 1 is 1.31 bits per heavy atom. The van der Waals surface area contributed by atoms with E-state index in [9.17, 15) is 4.79 Å². The zero-order chi connectivity index (χ0) is 20.8. The highest BCUT2D eigenvalue weighted by Crippen LogP contribution is 2.23. The van der Waals surface area contributed by atoms with E-state index in [1.807, 2.05) is 37.3 Å². The number of anilines is 1. The number of hydrogen-bond acceptors (Lipinski definition) is 6. The van der Waals surface area contributed by atoms with Gasteiger partial charge < -0.3 is 10.5 Å². The van der Waals surface area contributed by atoms with E-state index in [0.29, 0.717) is 44.5 Å². The molecular weight excluding hydrogens is 431 g/mol. The summed E-state index contributed by atoms with van der Waals surface area (Å²) in [6, 6.07) is 12.6. The van der Waals surface area contributed by atoms with Gasteiger partial charge in [0.1, 0.15) is 17.2 Å². The van der Waals surface area contributed by atoms with Crippen LogP contribution in [-0.4, -0.2) is 17.1 Å². The topological polar surface area (TPSA) is 89.6 Å². The number of thiazole rings is 1. The molecule has 3 rings (SSSR count). The Morgan fingerprint density at radius 3 is 2.90 bits per heavy atom. The predicted molar refractivity (Wildman–Crippen MR) is 118 cm³/mol. The number of aromatic nitrogens is 1. The maximum Gasteiger partial charge on any atom is 0.283 e. The number of amides is 1. The number of nitrogens with one attached hydrogen (secondary N) is 1. The number of hydrazone groups is 1. The molecule has 6 nitrogen and oxygen atoms in total. The van der Waals surface area contributed by atoms with Crippen LogP contribution in [0.4, 0.5) is 5.13 Å². The van der Waals surface area contributed by atoms with Crippen molar-refractivity contribution in [3.63, 3.8) is 0 Å². The third-order valence-electron chi connectivity index (χ3n) is 3.90. The van der Waals surface area contributed by atoms with Gasteiger partial charge in [-0.15, -0.1) is 0 Å². The van der Waals surface area contributed by atoms with Gasteiger partial charge in [0.05, 0.1) is 11.9 Å². The molecule has 1 amide bonds. The van der Waals surface area contributed by atoms with Crippen LogP contribution in [0, 0.1) is 0 Å².